The van der Waals surface area contributed by atoms with Crippen molar-refractivity contribution in [3.8, 4) is 11.4 Å². The Kier molecular flexibility index (Phi) is 3.21. The maximum Gasteiger partial charge on any atom is 0.140 e. The fourth-order valence-electron chi connectivity index (χ4n) is 2.08. The van der Waals surface area contributed by atoms with Crippen LogP contribution in [0.3, 0.4) is 0 Å². The fourth-order valence-corrected chi connectivity index (χ4v) is 2.46. The van der Waals surface area contributed by atoms with Crippen LogP contribution in [0.1, 0.15) is 12.5 Å². The molecule has 0 spiro atoms. The van der Waals surface area contributed by atoms with Crippen LogP contribution in [0.5, 0.6) is 0 Å². The van der Waals surface area contributed by atoms with E-state index in [2.05, 4.69) is 29.0 Å². The molecule has 0 aliphatic rings. The molecule has 0 radical (unpaired) electrons. The average Bonchev–Trinajstić information content (AvgIpc) is 2.83. The number of nitrogens with zero attached hydrogens (tertiary/aromatic N) is 1. The van der Waals surface area contributed by atoms with Crippen molar-refractivity contribution in [2.24, 2.45) is 0 Å². The van der Waals surface area contributed by atoms with Crippen LogP contribution in [0.2, 0.25) is 10.0 Å². The summed E-state index contributed by atoms with van der Waals surface area (Å²) in [5, 5.41) is 1.29. The minimum absolute atomic E-state index is 0.638. The second kappa shape index (κ2) is 4.87. The molecule has 2 aromatic carbocycles. The van der Waals surface area contributed by atoms with Crippen LogP contribution >= 0.6 is 23.2 Å². The van der Waals surface area contributed by atoms with Gasteiger partial charge in [0.05, 0.1) is 16.1 Å². The number of halogens is 2. The Bertz CT molecular complexity index is 747. The smallest absolute Gasteiger partial charge is 0.140 e. The minimum Gasteiger partial charge on any atom is -0.338 e. The predicted octanol–water partition coefficient (Wildman–Crippen LogP) is 5.10. The fraction of sp³-hybridized carbons (Fsp3) is 0.133. The molecular formula is C15H12Cl2N2. The van der Waals surface area contributed by atoms with Crippen molar-refractivity contribution >= 4 is 34.2 Å². The van der Waals surface area contributed by atoms with Gasteiger partial charge in [-0.1, -0.05) is 36.2 Å². The van der Waals surface area contributed by atoms with E-state index in [0.717, 1.165) is 28.8 Å². The summed E-state index contributed by atoms with van der Waals surface area (Å²) in [5.41, 5.74) is 4.05. The first-order valence-electron chi connectivity index (χ1n) is 6.11. The number of rotatable bonds is 2. The first kappa shape index (κ1) is 12.5. The zero-order valence-electron chi connectivity index (χ0n) is 10.4. The predicted molar refractivity (Wildman–Crippen MR) is 80.9 cm³/mol. The number of imidazole rings is 1. The molecule has 0 unspecified atom stereocenters. The largest absolute Gasteiger partial charge is 0.338 e. The summed E-state index contributed by atoms with van der Waals surface area (Å²) < 4.78 is 0. The Morgan fingerprint density at radius 3 is 2.74 bits per heavy atom. The van der Waals surface area contributed by atoms with Crippen molar-refractivity contribution in [2.45, 2.75) is 13.3 Å². The highest BCUT2D eigenvalue weighted by molar-refractivity contribution is 6.35. The molecule has 3 aromatic rings. The number of aromatic amines is 1. The molecule has 1 aromatic heterocycles. The zero-order valence-corrected chi connectivity index (χ0v) is 11.9. The van der Waals surface area contributed by atoms with Gasteiger partial charge in [0.2, 0.25) is 0 Å². The van der Waals surface area contributed by atoms with E-state index in [1.165, 1.54) is 5.56 Å². The van der Waals surface area contributed by atoms with Crippen LogP contribution in [-0.4, -0.2) is 9.97 Å². The Morgan fingerprint density at radius 2 is 1.95 bits per heavy atom. The number of hydrogen-bond donors (Lipinski definition) is 1. The topological polar surface area (TPSA) is 28.7 Å². The molecule has 96 valence electrons. The SMILES string of the molecule is CCc1ccc2nc(-c3cc(Cl)ccc3Cl)[nH]c2c1. The normalized spacial score (nSPS) is 11.1. The summed E-state index contributed by atoms with van der Waals surface area (Å²) in [6.07, 6.45) is 1.00. The molecule has 0 fully saturated rings. The summed E-state index contributed by atoms with van der Waals surface area (Å²) in [5.74, 6) is 0.746. The lowest BCUT2D eigenvalue weighted by Gasteiger charge is -2.00. The summed E-state index contributed by atoms with van der Waals surface area (Å²) in [6, 6.07) is 11.6. The lowest BCUT2D eigenvalue weighted by molar-refractivity contribution is 1.14. The van der Waals surface area contributed by atoms with Gasteiger partial charge >= 0.3 is 0 Å². The number of H-pyrrole nitrogens is 1. The summed E-state index contributed by atoms with van der Waals surface area (Å²) >= 11 is 12.2. The van der Waals surface area contributed by atoms with E-state index < -0.39 is 0 Å². The minimum atomic E-state index is 0.638. The van der Waals surface area contributed by atoms with Gasteiger partial charge in [-0.15, -0.1) is 0 Å². The molecule has 0 atom stereocenters. The van der Waals surface area contributed by atoms with Gasteiger partial charge in [-0.25, -0.2) is 4.98 Å². The van der Waals surface area contributed by atoms with E-state index in [1.54, 1.807) is 12.1 Å². The highest BCUT2D eigenvalue weighted by atomic mass is 35.5. The molecule has 3 rings (SSSR count). The van der Waals surface area contributed by atoms with Crippen LogP contribution < -0.4 is 0 Å². The maximum atomic E-state index is 6.20. The molecule has 0 aliphatic heterocycles. The van der Waals surface area contributed by atoms with E-state index in [4.69, 9.17) is 23.2 Å². The van der Waals surface area contributed by atoms with Gasteiger partial charge in [-0.3, -0.25) is 0 Å². The number of hydrogen-bond acceptors (Lipinski definition) is 1. The molecule has 0 saturated carbocycles. The van der Waals surface area contributed by atoms with Crippen LogP contribution in [0.25, 0.3) is 22.4 Å². The summed E-state index contributed by atoms with van der Waals surface area (Å²) in [7, 11) is 0. The van der Waals surface area contributed by atoms with Gasteiger partial charge in [0.15, 0.2) is 0 Å². The average molecular weight is 291 g/mol. The first-order valence-corrected chi connectivity index (χ1v) is 6.87. The molecular weight excluding hydrogens is 279 g/mol. The highest BCUT2D eigenvalue weighted by Crippen LogP contribution is 2.30. The van der Waals surface area contributed by atoms with E-state index in [1.807, 2.05) is 12.1 Å². The first-order chi connectivity index (χ1) is 9.17. The van der Waals surface area contributed by atoms with E-state index in [9.17, 15) is 0 Å². The zero-order chi connectivity index (χ0) is 13.4. The van der Waals surface area contributed by atoms with E-state index >= 15 is 0 Å². The van der Waals surface area contributed by atoms with Crippen molar-refractivity contribution < 1.29 is 0 Å². The third-order valence-electron chi connectivity index (χ3n) is 3.14. The van der Waals surface area contributed by atoms with Crippen molar-refractivity contribution in [1.82, 2.24) is 9.97 Å². The third kappa shape index (κ3) is 2.34. The van der Waals surface area contributed by atoms with Crippen molar-refractivity contribution in [3.63, 3.8) is 0 Å². The molecule has 1 heterocycles. The molecule has 0 aliphatic carbocycles. The Balaban J connectivity index is 2.17. The monoisotopic (exact) mass is 290 g/mol. The Labute approximate surface area is 121 Å². The standard InChI is InChI=1S/C15H12Cl2N2/c1-2-9-3-6-13-14(7-9)19-15(18-13)11-8-10(16)4-5-12(11)17/h3-8H,2H2,1H3,(H,18,19). The Hall–Kier alpha value is -1.51. The number of aryl methyl sites for hydroxylation is 1. The van der Waals surface area contributed by atoms with Gasteiger partial charge in [0.1, 0.15) is 5.82 Å². The molecule has 4 heteroatoms. The summed E-state index contributed by atoms with van der Waals surface area (Å²) in [4.78, 5) is 7.86. The molecule has 19 heavy (non-hydrogen) atoms. The van der Waals surface area contributed by atoms with Gasteiger partial charge in [-0.05, 0) is 42.3 Å². The Morgan fingerprint density at radius 1 is 1.11 bits per heavy atom. The van der Waals surface area contributed by atoms with Crippen LogP contribution in [0.15, 0.2) is 36.4 Å². The number of fused-ring (bicyclic) bond motifs is 1. The van der Waals surface area contributed by atoms with E-state index in [-0.39, 0.29) is 0 Å². The number of nitrogens with one attached hydrogen (secondary N) is 1. The van der Waals surface area contributed by atoms with Crippen molar-refractivity contribution in [1.29, 1.82) is 0 Å². The van der Waals surface area contributed by atoms with Gasteiger partial charge < -0.3 is 4.98 Å². The van der Waals surface area contributed by atoms with Crippen LogP contribution in [0, 0.1) is 0 Å². The van der Waals surface area contributed by atoms with Crippen molar-refractivity contribution in [3.05, 3.63) is 52.0 Å². The molecule has 0 bridgehead atoms. The van der Waals surface area contributed by atoms with Gasteiger partial charge in [0, 0.05) is 10.6 Å². The molecule has 2 nitrogen and oxygen atoms in total. The van der Waals surface area contributed by atoms with Crippen LogP contribution in [-0.2, 0) is 6.42 Å². The van der Waals surface area contributed by atoms with Gasteiger partial charge in [-0.2, -0.15) is 0 Å². The quantitative estimate of drug-likeness (QED) is 0.699. The molecule has 1 N–H and O–H groups in total. The van der Waals surface area contributed by atoms with Crippen LogP contribution in [0.4, 0.5) is 0 Å². The second-order valence-electron chi connectivity index (χ2n) is 4.41. The van der Waals surface area contributed by atoms with E-state index in [0.29, 0.717) is 10.0 Å². The second-order valence-corrected chi connectivity index (χ2v) is 5.26. The number of aromatic nitrogens is 2. The molecule has 0 amide bonds. The third-order valence-corrected chi connectivity index (χ3v) is 3.70. The van der Waals surface area contributed by atoms with Gasteiger partial charge in [0.25, 0.3) is 0 Å². The molecule has 0 saturated heterocycles. The maximum absolute atomic E-state index is 6.20. The highest BCUT2D eigenvalue weighted by Gasteiger charge is 2.09. The lowest BCUT2D eigenvalue weighted by atomic mass is 10.1. The number of benzene rings is 2. The summed E-state index contributed by atoms with van der Waals surface area (Å²) in [6.45, 7) is 2.13. The lowest BCUT2D eigenvalue weighted by Crippen LogP contribution is -1.82. The van der Waals surface area contributed by atoms with Crippen molar-refractivity contribution in [2.75, 3.05) is 0 Å².